The standard InChI is InChI=1S/C19H20F3N3O3S2/c1-10-11(2)30-17-15(10)16(26)23-14(24-17)8-29-12(3)18(27)25(9-19(20,21)22)7-13-5-4-6-28-13/h4-6,12H,7-9H2,1-3H3,(H,23,24,26). The number of thiophene rings is 1. The van der Waals surface area contributed by atoms with Gasteiger partial charge in [-0.2, -0.15) is 13.2 Å². The molecule has 0 fully saturated rings. The van der Waals surface area contributed by atoms with Gasteiger partial charge in [-0.1, -0.05) is 0 Å². The van der Waals surface area contributed by atoms with Gasteiger partial charge in [0.2, 0.25) is 5.91 Å². The van der Waals surface area contributed by atoms with E-state index in [1.165, 1.54) is 30.6 Å². The number of nitrogens with zero attached hydrogens (tertiary/aromatic N) is 2. The summed E-state index contributed by atoms with van der Waals surface area (Å²) < 4.78 is 44.0. The van der Waals surface area contributed by atoms with E-state index >= 15 is 0 Å². The van der Waals surface area contributed by atoms with Crippen LogP contribution in [0.5, 0.6) is 0 Å². The largest absolute Gasteiger partial charge is 0.467 e. The molecule has 0 aliphatic heterocycles. The number of nitrogens with one attached hydrogen (secondary N) is 1. The molecule has 162 valence electrons. The predicted molar refractivity (Wildman–Crippen MR) is 111 cm³/mol. The lowest BCUT2D eigenvalue weighted by Gasteiger charge is -2.25. The number of carbonyl (C=O) groups is 1. The SMILES string of the molecule is Cc1sc2nc(CSC(C)C(=O)N(Cc3ccco3)CC(F)(F)F)[nH]c(=O)c2c1C. The summed E-state index contributed by atoms with van der Waals surface area (Å²) in [4.78, 5) is 34.5. The Bertz CT molecular complexity index is 1090. The van der Waals surface area contributed by atoms with Crippen LogP contribution in [0.4, 0.5) is 13.2 Å². The number of furan rings is 1. The number of amides is 1. The van der Waals surface area contributed by atoms with Gasteiger partial charge in [-0.25, -0.2) is 4.98 Å². The third-order valence-corrected chi connectivity index (χ3v) is 6.76. The molecule has 3 rings (SSSR count). The van der Waals surface area contributed by atoms with Crippen molar-refractivity contribution >= 4 is 39.2 Å². The van der Waals surface area contributed by atoms with Gasteiger partial charge in [0, 0.05) is 4.88 Å². The predicted octanol–water partition coefficient (Wildman–Crippen LogP) is 4.41. The van der Waals surface area contributed by atoms with Crippen molar-refractivity contribution in [1.82, 2.24) is 14.9 Å². The molecule has 0 aliphatic carbocycles. The van der Waals surface area contributed by atoms with Gasteiger partial charge in [0.1, 0.15) is 23.0 Å². The molecule has 3 aromatic rings. The molecule has 1 N–H and O–H groups in total. The van der Waals surface area contributed by atoms with E-state index in [1.807, 2.05) is 13.8 Å². The number of alkyl halides is 3. The topological polar surface area (TPSA) is 79.2 Å². The second-order valence-electron chi connectivity index (χ2n) is 6.82. The smallest absolute Gasteiger partial charge is 0.406 e. The fraction of sp³-hybridized carbons (Fsp3) is 0.421. The van der Waals surface area contributed by atoms with Crippen LogP contribution in [-0.4, -0.2) is 38.7 Å². The van der Waals surface area contributed by atoms with Crippen molar-refractivity contribution in [3.05, 3.63) is 50.8 Å². The Morgan fingerprint density at radius 1 is 1.40 bits per heavy atom. The number of thioether (sulfide) groups is 1. The second-order valence-corrected chi connectivity index (χ2v) is 9.35. The lowest BCUT2D eigenvalue weighted by atomic mass is 10.2. The number of aryl methyl sites for hydroxylation is 2. The van der Waals surface area contributed by atoms with Crippen molar-refractivity contribution in [3.63, 3.8) is 0 Å². The van der Waals surface area contributed by atoms with Crippen molar-refractivity contribution in [3.8, 4) is 0 Å². The number of rotatable bonds is 7. The molecule has 6 nitrogen and oxygen atoms in total. The first kappa shape index (κ1) is 22.4. The van der Waals surface area contributed by atoms with E-state index in [4.69, 9.17) is 4.42 Å². The van der Waals surface area contributed by atoms with E-state index in [0.717, 1.165) is 27.1 Å². The highest BCUT2D eigenvalue weighted by atomic mass is 32.2. The lowest BCUT2D eigenvalue weighted by Crippen LogP contribution is -2.42. The zero-order chi connectivity index (χ0) is 22.1. The number of fused-ring (bicyclic) bond motifs is 1. The lowest BCUT2D eigenvalue weighted by molar-refractivity contribution is -0.162. The van der Waals surface area contributed by atoms with Gasteiger partial charge in [-0.3, -0.25) is 9.59 Å². The molecule has 1 amide bonds. The van der Waals surface area contributed by atoms with E-state index < -0.39 is 23.9 Å². The Kier molecular flexibility index (Phi) is 6.61. The quantitative estimate of drug-likeness (QED) is 0.566. The summed E-state index contributed by atoms with van der Waals surface area (Å²) in [6.07, 6.45) is -3.19. The van der Waals surface area contributed by atoms with Gasteiger partial charge in [-0.15, -0.1) is 23.1 Å². The van der Waals surface area contributed by atoms with Crippen LogP contribution in [0.1, 0.15) is 28.9 Å². The maximum atomic E-state index is 13.0. The monoisotopic (exact) mass is 459 g/mol. The summed E-state index contributed by atoms with van der Waals surface area (Å²) in [5.41, 5.74) is 0.625. The Morgan fingerprint density at radius 2 is 2.13 bits per heavy atom. The van der Waals surface area contributed by atoms with Crippen LogP contribution >= 0.6 is 23.1 Å². The molecular formula is C19H20F3N3O3S2. The maximum Gasteiger partial charge on any atom is 0.406 e. The fourth-order valence-electron chi connectivity index (χ4n) is 2.92. The normalized spacial score (nSPS) is 13.0. The van der Waals surface area contributed by atoms with Crippen LogP contribution < -0.4 is 5.56 Å². The van der Waals surface area contributed by atoms with Crippen molar-refractivity contribution in [1.29, 1.82) is 0 Å². The molecule has 0 saturated heterocycles. The molecule has 1 unspecified atom stereocenters. The average Bonchev–Trinajstić information content (AvgIpc) is 3.25. The Hall–Kier alpha value is -2.27. The van der Waals surface area contributed by atoms with E-state index in [2.05, 4.69) is 9.97 Å². The number of carbonyl (C=O) groups excluding carboxylic acids is 1. The summed E-state index contributed by atoms with van der Waals surface area (Å²) in [5.74, 6) is 0.172. The Morgan fingerprint density at radius 3 is 2.77 bits per heavy atom. The number of H-pyrrole nitrogens is 1. The molecule has 11 heteroatoms. The summed E-state index contributed by atoms with van der Waals surface area (Å²) >= 11 is 2.53. The minimum absolute atomic E-state index is 0.189. The van der Waals surface area contributed by atoms with Crippen LogP contribution in [-0.2, 0) is 17.1 Å². The first-order valence-corrected chi connectivity index (χ1v) is 10.9. The van der Waals surface area contributed by atoms with Gasteiger partial charge < -0.3 is 14.3 Å². The van der Waals surface area contributed by atoms with Gasteiger partial charge in [0.25, 0.3) is 5.56 Å². The van der Waals surface area contributed by atoms with Crippen LogP contribution in [0, 0.1) is 13.8 Å². The summed E-state index contributed by atoms with van der Waals surface area (Å²) in [6.45, 7) is 3.66. The van der Waals surface area contributed by atoms with Crippen molar-refractivity contribution < 1.29 is 22.4 Å². The summed E-state index contributed by atoms with van der Waals surface area (Å²) in [5, 5.41) is -0.222. The van der Waals surface area contributed by atoms with Gasteiger partial charge in [0.15, 0.2) is 0 Å². The Balaban J connectivity index is 1.71. The first-order valence-electron chi connectivity index (χ1n) is 9.03. The summed E-state index contributed by atoms with van der Waals surface area (Å²) in [6, 6.07) is 3.07. The van der Waals surface area contributed by atoms with Gasteiger partial charge in [0.05, 0.1) is 29.2 Å². The van der Waals surface area contributed by atoms with Crippen LogP contribution in [0.15, 0.2) is 27.6 Å². The molecule has 1 atom stereocenters. The van der Waals surface area contributed by atoms with Crippen LogP contribution in [0.2, 0.25) is 0 Å². The molecule has 0 saturated carbocycles. The molecule has 0 bridgehead atoms. The van der Waals surface area contributed by atoms with Crippen LogP contribution in [0.25, 0.3) is 10.2 Å². The van der Waals surface area contributed by atoms with Gasteiger partial charge in [-0.05, 0) is 38.5 Å². The highest BCUT2D eigenvalue weighted by Gasteiger charge is 2.35. The molecule has 0 spiro atoms. The third-order valence-electron chi connectivity index (χ3n) is 4.51. The van der Waals surface area contributed by atoms with Crippen molar-refractivity contribution in [2.45, 2.75) is 44.5 Å². The summed E-state index contributed by atoms with van der Waals surface area (Å²) in [7, 11) is 0. The van der Waals surface area contributed by atoms with E-state index in [-0.39, 0.29) is 23.6 Å². The van der Waals surface area contributed by atoms with E-state index in [1.54, 1.807) is 6.07 Å². The Labute approximate surface area is 178 Å². The molecular weight excluding hydrogens is 439 g/mol. The molecule has 30 heavy (non-hydrogen) atoms. The maximum absolute atomic E-state index is 13.0. The highest BCUT2D eigenvalue weighted by Crippen LogP contribution is 2.27. The van der Waals surface area contributed by atoms with Gasteiger partial charge >= 0.3 is 6.18 Å². The first-order chi connectivity index (χ1) is 14.0. The minimum Gasteiger partial charge on any atom is -0.467 e. The zero-order valence-corrected chi connectivity index (χ0v) is 18.1. The molecule has 0 aromatic carbocycles. The number of halogens is 3. The minimum atomic E-state index is -4.53. The fourth-order valence-corrected chi connectivity index (χ4v) is 4.80. The van der Waals surface area contributed by atoms with Crippen molar-refractivity contribution in [2.24, 2.45) is 0 Å². The van der Waals surface area contributed by atoms with E-state index in [9.17, 15) is 22.8 Å². The molecule has 0 radical (unpaired) electrons. The van der Waals surface area contributed by atoms with Crippen molar-refractivity contribution in [2.75, 3.05) is 6.54 Å². The average molecular weight is 460 g/mol. The zero-order valence-electron chi connectivity index (χ0n) is 16.5. The second kappa shape index (κ2) is 8.84. The molecule has 3 heterocycles. The third kappa shape index (κ3) is 5.25. The molecule has 3 aromatic heterocycles. The van der Waals surface area contributed by atoms with Crippen LogP contribution in [0.3, 0.4) is 0 Å². The number of hydrogen-bond donors (Lipinski definition) is 1. The molecule has 0 aliphatic rings. The highest BCUT2D eigenvalue weighted by molar-refractivity contribution is 7.99. The number of aromatic nitrogens is 2. The number of hydrogen-bond acceptors (Lipinski definition) is 6. The van der Waals surface area contributed by atoms with E-state index in [0.29, 0.717) is 16.0 Å². The number of aromatic amines is 1.